The largest absolute Gasteiger partial charge is 0.352 e. The molecule has 0 radical (unpaired) electrons. The summed E-state index contributed by atoms with van der Waals surface area (Å²) in [6, 6.07) is 0.436. The normalized spacial score (nSPS) is 27.4. The van der Waals surface area contributed by atoms with Crippen molar-refractivity contribution in [1.29, 1.82) is 0 Å². The van der Waals surface area contributed by atoms with E-state index in [9.17, 15) is 9.59 Å². The van der Waals surface area contributed by atoms with Gasteiger partial charge in [-0.15, -0.1) is 0 Å². The van der Waals surface area contributed by atoms with Crippen molar-refractivity contribution in [1.82, 2.24) is 10.2 Å². The lowest BCUT2D eigenvalue weighted by atomic mass is 9.99. The van der Waals surface area contributed by atoms with Gasteiger partial charge >= 0.3 is 0 Å². The van der Waals surface area contributed by atoms with E-state index in [1.54, 1.807) is 0 Å². The monoisotopic (exact) mass is 262 g/mol. The Labute approximate surface area is 114 Å². The highest BCUT2D eigenvalue weighted by Crippen LogP contribution is 2.32. The predicted octanol–water partition coefficient (Wildman–Crippen LogP) is 1.61. The highest BCUT2D eigenvalue weighted by Gasteiger charge is 2.41. The number of carbonyl (C=O) groups is 2. The lowest BCUT2D eigenvalue weighted by Gasteiger charge is -2.17. The molecule has 1 saturated carbocycles. The second kappa shape index (κ2) is 5.35. The molecule has 104 valence electrons. The average Bonchev–Trinajstić information content (AvgIpc) is 3.20. The van der Waals surface area contributed by atoms with E-state index >= 15 is 0 Å². The van der Waals surface area contributed by atoms with Crippen LogP contribution in [0, 0.1) is 5.92 Å². The molecule has 1 saturated heterocycles. The fourth-order valence-corrected chi connectivity index (χ4v) is 3.06. The van der Waals surface area contributed by atoms with Crippen LogP contribution in [0.3, 0.4) is 0 Å². The molecule has 0 aromatic carbocycles. The van der Waals surface area contributed by atoms with Crippen LogP contribution in [-0.2, 0) is 9.59 Å². The van der Waals surface area contributed by atoms with E-state index in [-0.39, 0.29) is 17.7 Å². The first kappa shape index (κ1) is 12.7. The van der Waals surface area contributed by atoms with E-state index in [2.05, 4.69) is 11.4 Å². The Kier molecular flexibility index (Phi) is 3.58. The van der Waals surface area contributed by atoms with Crippen LogP contribution < -0.4 is 5.32 Å². The number of allylic oxidation sites excluding steroid dienone is 1. The van der Waals surface area contributed by atoms with Gasteiger partial charge in [-0.25, -0.2) is 0 Å². The number of likely N-dealkylation sites (tertiary alicyclic amines) is 1. The third kappa shape index (κ3) is 2.99. The van der Waals surface area contributed by atoms with Crippen LogP contribution in [-0.4, -0.2) is 35.8 Å². The van der Waals surface area contributed by atoms with Gasteiger partial charge in [0.25, 0.3) is 0 Å². The summed E-state index contributed by atoms with van der Waals surface area (Å²) in [6.07, 6.45) is 9.64. The molecule has 4 heteroatoms. The predicted molar refractivity (Wildman–Crippen MR) is 72.4 cm³/mol. The molecule has 1 aliphatic heterocycles. The Bertz CT molecular complexity index is 412. The van der Waals surface area contributed by atoms with Crippen molar-refractivity contribution < 1.29 is 9.59 Å². The van der Waals surface area contributed by atoms with Crippen molar-refractivity contribution in [2.75, 3.05) is 13.1 Å². The highest BCUT2D eigenvalue weighted by molar-refractivity contribution is 5.89. The molecule has 0 unspecified atom stereocenters. The summed E-state index contributed by atoms with van der Waals surface area (Å²) in [5, 5.41) is 3.01. The number of nitrogens with one attached hydrogen (secondary N) is 1. The molecular formula is C15H22N2O2. The van der Waals surface area contributed by atoms with Gasteiger partial charge in [0.1, 0.15) is 0 Å². The van der Waals surface area contributed by atoms with Crippen LogP contribution in [0.4, 0.5) is 0 Å². The molecule has 1 heterocycles. The van der Waals surface area contributed by atoms with Gasteiger partial charge in [0.05, 0.1) is 5.92 Å². The van der Waals surface area contributed by atoms with E-state index < -0.39 is 0 Å². The maximum absolute atomic E-state index is 12.1. The average molecular weight is 262 g/mol. The Morgan fingerprint density at radius 2 is 2.21 bits per heavy atom. The molecule has 2 fully saturated rings. The summed E-state index contributed by atoms with van der Waals surface area (Å²) in [6.45, 7) is 1.31. The molecule has 2 amide bonds. The zero-order valence-corrected chi connectivity index (χ0v) is 11.4. The summed E-state index contributed by atoms with van der Waals surface area (Å²) >= 11 is 0. The lowest BCUT2D eigenvalue weighted by Crippen LogP contribution is -2.34. The zero-order valence-electron chi connectivity index (χ0n) is 11.4. The molecule has 0 aromatic heterocycles. The van der Waals surface area contributed by atoms with Gasteiger partial charge in [-0.2, -0.15) is 0 Å². The van der Waals surface area contributed by atoms with Gasteiger partial charge in [-0.3, -0.25) is 9.59 Å². The molecular weight excluding hydrogens is 240 g/mol. The van der Waals surface area contributed by atoms with Crippen LogP contribution >= 0.6 is 0 Å². The second-order valence-corrected chi connectivity index (χ2v) is 6.00. The van der Waals surface area contributed by atoms with Gasteiger partial charge in [0.15, 0.2) is 0 Å². The Morgan fingerprint density at radius 1 is 1.37 bits per heavy atom. The van der Waals surface area contributed by atoms with Crippen LogP contribution in [0.1, 0.15) is 44.9 Å². The van der Waals surface area contributed by atoms with Crippen LogP contribution in [0.2, 0.25) is 0 Å². The van der Waals surface area contributed by atoms with E-state index in [1.807, 2.05) is 4.90 Å². The third-order valence-corrected chi connectivity index (χ3v) is 4.39. The number of rotatable bonds is 4. The second-order valence-electron chi connectivity index (χ2n) is 6.00. The molecule has 4 nitrogen and oxygen atoms in total. The van der Waals surface area contributed by atoms with Crippen molar-refractivity contribution in [2.45, 2.75) is 51.0 Å². The third-order valence-electron chi connectivity index (χ3n) is 4.39. The van der Waals surface area contributed by atoms with E-state index in [4.69, 9.17) is 0 Å². The van der Waals surface area contributed by atoms with E-state index in [1.165, 1.54) is 18.4 Å². The number of amides is 2. The molecule has 1 atom stereocenters. The van der Waals surface area contributed by atoms with Crippen molar-refractivity contribution in [2.24, 2.45) is 5.92 Å². The molecule has 19 heavy (non-hydrogen) atoms. The minimum absolute atomic E-state index is 0.0583. The number of carbonyl (C=O) groups excluding carboxylic acids is 2. The van der Waals surface area contributed by atoms with Gasteiger partial charge in [-0.05, 0) is 38.5 Å². The number of nitrogens with zero attached hydrogens (tertiary/aromatic N) is 1. The van der Waals surface area contributed by atoms with E-state index in [0.29, 0.717) is 25.6 Å². The SMILES string of the molecule is O=C(NCC1=CCCCC1)[C@@H]1CC(=O)N(C2CC2)C1. The van der Waals surface area contributed by atoms with Gasteiger partial charge in [0, 0.05) is 25.6 Å². The van der Waals surface area contributed by atoms with Crippen molar-refractivity contribution in [3.8, 4) is 0 Å². The van der Waals surface area contributed by atoms with Gasteiger partial charge < -0.3 is 10.2 Å². The molecule has 3 aliphatic rings. The number of hydrogen-bond acceptors (Lipinski definition) is 2. The van der Waals surface area contributed by atoms with Crippen LogP contribution in [0.15, 0.2) is 11.6 Å². The first-order valence-electron chi connectivity index (χ1n) is 7.49. The fourth-order valence-electron chi connectivity index (χ4n) is 3.06. The number of hydrogen-bond donors (Lipinski definition) is 1. The summed E-state index contributed by atoms with van der Waals surface area (Å²) < 4.78 is 0. The standard InChI is InChI=1S/C15H22N2O2/c18-14-8-12(10-17(14)13-6-7-13)15(19)16-9-11-4-2-1-3-5-11/h4,12-13H,1-3,5-10H2,(H,16,19)/t12-/m1/s1. The smallest absolute Gasteiger partial charge is 0.225 e. The lowest BCUT2D eigenvalue weighted by molar-refractivity contribution is -0.129. The molecule has 0 aromatic rings. The van der Waals surface area contributed by atoms with Crippen molar-refractivity contribution in [3.63, 3.8) is 0 Å². The Hall–Kier alpha value is -1.32. The van der Waals surface area contributed by atoms with E-state index in [0.717, 1.165) is 25.7 Å². The summed E-state index contributed by atoms with van der Waals surface area (Å²) in [4.78, 5) is 25.8. The molecule has 0 spiro atoms. The maximum Gasteiger partial charge on any atom is 0.225 e. The summed E-state index contributed by atoms with van der Waals surface area (Å²) in [7, 11) is 0. The summed E-state index contributed by atoms with van der Waals surface area (Å²) in [5.74, 6) is 0.0970. The maximum atomic E-state index is 12.1. The summed E-state index contributed by atoms with van der Waals surface area (Å²) in [5.41, 5.74) is 1.35. The first-order chi connectivity index (χ1) is 9.24. The zero-order chi connectivity index (χ0) is 13.2. The van der Waals surface area contributed by atoms with Crippen molar-refractivity contribution >= 4 is 11.8 Å². The van der Waals surface area contributed by atoms with Crippen LogP contribution in [0.5, 0.6) is 0 Å². The Balaban J connectivity index is 1.48. The topological polar surface area (TPSA) is 49.4 Å². The van der Waals surface area contributed by atoms with Gasteiger partial charge in [0.2, 0.25) is 11.8 Å². The fraction of sp³-hybridized carbons (Fsp3) is 0.733. The molecule has 3 rings (SSSR count). The van der Waals surface area contributed by atoms with Crippen LogP contribution in [0.25, 0.3) is 0 Å². The highest BCUT2D eigenvalue weighted by atomic mass is 16.2. The van der Waals surface area contributed by atoms with Gasteiger partial charge in [-0.1, -0.05) is 11.6 Å². The minimum atomic E-state index is -0.128. The van der Waals surface area contributed by atoms with Crippen molar-refractivity contribution in [3.05, 3.63) is 11.6 Å². The Morgan fingerprint density at radius 3 is 2.89 bits per heavy atom. The first-order valence-corrected chi connectivity index (χ1v) is 7.49. The quantitative estimate of drug-likeness (QED) is 0.783. The molecule has 0 bridgehead atoms. The minimum Gasteiger partial charge on any atom is -0.352 e. The molecule has 2 aliphatic carbocycles. The molecule has 1 N–H and O–H groups in total.